The molecule has 104 valence electrons. The van der Waals surface area contributed by atoms with Gasteiger partial charge in [0.1, 0.15) is 0 Å². The second-order valence-corrected chi connectivity index (χ2v) is 5.25. The van der Waals surface area contributed by atoms with Gasteiger partial charge in [0.2, 0.25) is 0 Å². The summed E-state index contributed by atoms with van der Waals surface area (Å²) in [6.07, 6.45) is 3.84. The number of hydrogen-bond donors (Lipinski definition) is 2. The van der Waals surface area contributed by atoms with Gasteiger partial charge in [-0.2, -0.15) is 0 Å². The molecule has 1 aliphatic carbocycles. The van der Waals surface area contributed by atoms with E-state index in [4.69, 9.17) is 0 Å². The molecule has 1 saturated carbocycles. The van der Waals surface area contributed by atoms with Gasteiger partial charge in [0.05, 0.1) is 6.54 Å². The molecule has 0 unspecified atom stereocenters. The van der Waals surface area contributed by atoms with Crippen LogP contribution >= 0.6 is 0 Å². The van der Waals surface area contributed by atoms with E-state index < -0.39 is 0 Å². The van der Waals surface area contributed by atoms with Crippen LogP contribution in [0.5, 0.6) is 11.5 Å². The molecule has 4 heteroatoms. The fourth-order valence-electron chi connectivity index (χ4n) is 2.34. The molecule has 4 nitrogen and oxygen atoms in total. The number of phenolic OH excluding ortho intramolecular Hbond substituents is 2. The number of carbonyl (C=O) groups excluding carboxylic acids is 1. The molecule has 1 aromatic carbocycles. The molecule has 19 heavy (non-hydrogen) atoms. The summed E-state index contributed by atoms with van der Waals surface area (Å²) in [6, 6.07) is 4.23. The Hall–Kier alpha value is -1.55. The van der Waals surface area contributed by atoms with Crippen molar-refractivity contribution in [2.75, 3.05) is 19.6 Å². The monoisotopic (exact) mass is 263 g/mol. The average Bonchev–Trinajstić information content (AvgIpc) is 2.35. The normalized spacial score (nSPS) is 15.5. The summed E-state index contributed by atoms with van der Waals surface area (Å²) in [6.45, 7) is 4.26. The maximum absolute atomic E-state index is 12.1. The number of phenols is 2. The molecule has 0 heterocycles. The highest BCUT2D eigenvalue weighted by Gasteiger charge is 2.21. The summed E-state index contributed by atoms with van der Waals surface area (Å²) in [5, 5.41) is 18.7. The van der Waals surface area contributed by atoms with Gasteiger partial charge in [-0.3, -0.25) is 9.69 Å². The third-order valence-electron chi connectivity index (χ3n) is 3.85. The van der Waals surface area contributed by atoms with E-state index in [1.807, 2.05) is 0 Å². The Morgan fingerprint density at radius 2 is 2.05 bits per heavy atom. The molecule has 1 aliphatic rings. The van der Waals surface area contributed by atoms with Crippen LogP contribution in [0.4, 0.5) is 0 Å². The minimum atomic E-state index is -0.243. The first-order chi connectivity index (χ1) is 9.10. The van der Waals surface area contributed by atoms with Crippen LogP contribution in [0.1, 0.15) is 36.5 Å². The summed E-state index contributed by atoms with van der Waals surface area (Å²) < 4.78 is 0. The standard InChI is InChI=1S/C15H21NO3/c1-2-16(9-11-4-3-5-11)10-15(19)12-6-7-13(17)14(18)8-12/h6-8,11,17-18H,2-5,9-10H2,1H3. The van der Waals surface area contributed by atoms with Crippen LogP contribution < -0.4 is 0 Å². The highest BCUT2D eigenvalue weighted by Crippen LogP contribution is 2.27. The van der Waals surface area contributed by atoms with Gasteiger partial charge in [-0.25, -0.2) is 0 Å². The SMILES string of the molecule is CCN(CC(=O)c1ccc(O)c(O)c1)CC1CCC1. The van der Waals surface area contributed by atoms with E-state index in [-0.39, 0.29) is 17.3 Å². The number of hydrogen-bond acceptors (Lipinski definition) is 4. The number of carbonyl (C=O) groups is 1. The maximum Gasteiger partial charge on any atom is 0.176 e. The van der Waals surface area contributed by atoms with Crippen LogP contribution in [0.3, 0.4) is 0 Å². The Morgan fingerprint density at radius 1 is 1.32 bits per heavy atom. The molecule has 0 amide bonds. The van der Waals surface area contributed by atoms with Gasteiger partial charge >= 0.3 is 0 Å². The van der Waals surface area contributed by atoms with E-state index >= 15 is 0 Å². The molecule has 0 aliphatic heterocycles. The highest BCUT2D eigenvalue weighted by atomic mass is 16.3. The topological polar surface area (TPSA) is 60.8 Å². The minimum absolute atomic E-state index is 0.0172. The zero-order chi connectivity index (χ0) is 13.8. The van der Waals surface area contributed by atoms with Crippen LogP contribution in [0, 0.1) is 5.92 Å². The number of rotatable bonds is 6. The van der Waals surface area contributed by atoms with Gasteiger partial charge in [0.25, 0.3) is 0 Å². The first kappa shape index (κ1) is 13.9. The predicted molar refractivity (Wildman–Crippen MR) is 73.6 cm³/mol. The molecular formula is C15H21NO3. The summed E-state index contributed by atoms with van der Waals surface area (Å²) >= 11 is 0. The molecule has 0 aromatic heterocycles. The van der Waals surface area contributed by atoms with Gasteiger partial charge in [0, 0.05) is 12.1 Å². The summed E-state index contributed by atoms with van der Waals surface area (Å²) in [7, 11) is 0. The fourth-order valence-corrected chi connectivity index (χ4v) is 2.34. The zero-order valence-corrected chi connectivity index (χ0v) is 11.3. The number of benzene rings is 1. The Kier molecular flexibility index (Phi) is 4.43. The number of likely N-dealkylation sites (N-methyl/N-ethyl adjacent to an activating group) is 1. The van der Waals surface area contributed by atoms with Gasteiger partial charge in [-0.1, -0.05) is 13.3 Å². The predicted octanol–water partition coefficient (Wildman–Crippen LogP) is 2.40. The highest BCUT2D eigenvalue weighted by molar-refractivity contribution is 5.98. The summed E-state index contributed by atoms with van der Waals surface area (Å²) in [5.74, 6) is 0.281. The largest absolute Gasteiger partial charge is 0.504 e. The van der Waals surface area contributed by atoms with Crippen molar-refractivity contribution < 1.29 is 15.0 Å². The van der Waals surface area contributed by atoms with Gasteiger partial charge in [0.15, 0.2) is 17.3 Å². The lowest BCUT2D eigenvalue weighted by Gasteiger charge is -2.31. The van der Waals surface area contributed by atoms with Crippen LogP contribution in [0.15, 0.2) is 18.2 Å². The number of ketones is 1. The van der Waals surface area contributed by atoms with Crippen molar-refractivity contribution >= 4 is 5.78 Å². The van der Waals surface area contributed by atoms with Gasteiger partial charge < -0.3 is 10.2 Å². The van der Waals surface area contributed by atoms with E-state index in [9.17, 15) is 15.0 Å². The fraction of sp³-hybridized carbons (Fsp3) is 0.533. The Bertz CT molecular complexity index is 455. The van der Waals surface area contributed by atoms with Gasteiger partial charge in [-0.05, 0) is 43.5 Å². The molecule has 2 rings (SSSR count). The van der Waals surface area contributed by atoms with E-state index in [1.165, 1.54) is 31.4 Å². The lowest BCUT2D eigenvalue weighted by molar-refractivity contribution is 0.0904. The van der Waals surface area contributed by atoms with Crippen LogP contribution in [0.25, 0.3) is 0 Å². The average molecular weight is 263 g/mol. The van der Waals surface area contributed by atoms with Crippen molar-refractivity contribution in [3.05, 3.63) is 23.8 Å². The van der Waals surface area contributed by atoms with Crippen molar-refractivity contribution in [3.8, 4) is 11.5 Å². The molecular weight excluding hydrogens is 242 g/mol. The van der Waals surface area contributed by atoms with E-state index in [0.29, 0.717) is 12.1 Å². The number of Topliss-reactive ketones (excluding diaryl/α,β-unsaturated/α-hetero) is 1. The third kappa shape index (κ3) is 3.47. The first-order valence-electron chi connectivity index (χ1n) is 6.87. The lowest BCUT2D eigenvalue weighted by Crippen LogP contribution is -2.36. The van der Waals surface area contributed by atoms with Crippen molar-refractivity contribution in [1.82, 2.24) is 4.90 Å². The molecule has 0 bridgehead atoms. The van der Waals surface area contributed by atoms with E-state index in [0.717, 1.165) is 19.0 Å². The first-order valence-corrected chi connectivity index (χ1v) is 6.87. The maximum atomic E-state index is 12.1. The molecule has 0 saturated heterocycles. The lowest BCUT2D eigenvalue weighted by atomic mass is 9.85. The Balaban J connectivity index is 1.95. The van der Waals surface area contributed by atoms with Gasteiger partial charge in [-0.15, -0.1) is 0 Å². The van der Waals surface area contributed by atoms with Crippen LogP contribution in [-0.2, 0) is 0 Å². The van der Waals surface area contributed by atoms with Crippen LogP contribution in [0.2, 0.25) is 0 Å². The Morgan fingerprint density at radius 3 is 2.58 bits per heavy atom. The number of aromatic hydroxyl groups is 2. The van der Waals surface area contributed by atoms with Crippen molar-refractivity contribution in [1.29, 1.82) is 0 Å². The zero-order valence-electron chi connectivity index (χ0n) is 11.3. The molecule has 1 aromatic rings. The van der Waals surface area contributed by atoms with E-state index in [1.54, 1.807) is 6.07 Å². The van der Waals surface area contributed by atoms with Crippen molar-refractivity contribution in [3.63, 3.8) is 0 Å². The number of nitrogens with zero attached hydrogens (tertiary/aromatic N) is 1. The minimum Gasteiger partial charge on any atom is -0.504 e. The smallest absolute Gasteiger partial charge is 0.176 e. The molecule has 1 fully saturated rings. The molecule has 2 N–H and O–H groups in total. The molecule has 0 spiro atoms. The quantitative estimate of drug-likeness (QED) is 0.611. The van der Waals surface area contributed by atoms with E-state index in [2.05, 4.69) is 11.8 Å². The van der Waals surface area contributed by atoms with Crippen LogP contribution in [-0.4, -0.2) is 40.5 Å². The summed E-state index contributed by atoms with van der Waals surface area (Å²) in [4.78, 5) is 14.3. The molecule has 0 radical (unpaired) electrons. The third-order valence-corrected chi connectivity index (χ3v) is 3.85. The molecule has 0 atom stereocenters. The second-order valence-electron chi connectivity index (χ2n) is 5.25. The summed E-state index contributed by atoms with van der Waals surface area (Å²) in [5.41, 5.74) is 0.447. The Labute approximate surface area is 113 Å². The second kappa shape index (κ2) is 6.06. The van der Waals surface area contributed by atoms with Crippen molar-refractivity contribution in [2.45, 2.75) is 26.2 Å². The van der Waals surface area contributed by atoms with Crippen molar-refractivity contribution in [2.24, 2.45) is 5.92 Å².